The van der Waals surface area contributed by atoms with Crippen molar-refractivity contribution < 1.29 is 23.1 Å². The number of aromatic nitrogens is 5. The maximum Gasteiger partial charge on any atom is 0.417 e. The maximum absolute atomic E-state index is 13.0. The lowest BCUT2D eigenvalue weighted by molar-refractivity contribution is -0.137. The van der Waals surface area contributed by atoms with Crippen LogP contribution in [0.4, 0.5) is 19.0 Å². The average molecular weight is 402 g/mol. The van der Waals surface area contributed by atoms with Crippen LogP contribution in [-0.2, 0) is 6.18 Å². The maximum atomic E-state index is 13.0. The fourth-order valence-corrected chi connectivity index (χ4v) is 2.40. The van der Waals surface area contributed by atoms with Crippen molar-refractivity contribution in [3.8, 4) is 11.3 Å². The van der Waals surface area contributed by atoms with Crippen LogP contribution in [0.25, 0.3) is 16.9 Å². The first kappa shape index (κ1) is 19.7. The van der Waals surface area contributed by atoms with E-state index >= 15 is 0 Å². The predicted molar refractivity (Wildman–Crippen MR) is 96.8 cm³/mol. The number of halogens is 3. The van der Waals surface area contributed by atoms with Crippen molar-refractivity contribution in [2.75, 3.05) is 5.73 Å². The minimum Gasteiger partial charge on any atom is -0.476 e. The van der Waals surface area contributed by atoms with Gasteiger partial charge in [-0.05, 0) is 18.2 Å². The van der Waals surface area contributed by atoms with Crippen molar-refractivity contribution in [1.82, 2.24) is 24.6 Å². The highest BCUT2D eigenvalue weighted by atomic mass is 19.4. The zero-order valence-electron chi connectivity index (χ0n) is 14.6. The number of hydrogen-bond donors (Lipinski definition) is 2. The van der Waals surface area contributed by atoms with Crippen molar-refractivity contribution in [2.24, 2.45) is 0 Å². The molecule has 3 N–H and O–H groups in total. The number of benzene rings is 1. The number of nitrogens with two attached hydrogens (primary N) is 1. The summed E-state index contributed by atoms with van der Waals surface area (Å²) in [6.45, 7) is 0. The van der Waals surface area contributed by atoms with E-state index in [2.05, 4.69) is 20.1 Å². The Balaban J connectivity index is 0.000000224. The molecule has 3 aromatic heterocycles. The van der Waals surface area contributed by atoms with Gasteiger partial charge in [0.05, 0.1) is 23.7 Å². The summed E-state index contributed by atoms with van der Waals surface area (Å²) in [7, 11) is 0. The number of carboxylic acids is 1. The van der Waals surface area contributed by atoms with Gasteiger partial charge in [-0.15, -0.1) is 0 Å². The van der Waals surface area contributed by atoms with E-state index in [9.17, 15) is 18.0 Å². The minimum atomic E-state index is -4.44. The Morgan fingerprint density at radius 2 is 1.79 bits per heavy atom. The Morgan fingerprint density at radius 1 is 1.03 bits per heavy atom. The number of imidazole rings is 1. The zero-order valence-corrected chi connectivity index (χ0v) is 14.6. The summed E-state index contributed by atoms with van der Waals surface area (Å²) in [5, 5.41) is 12.4. The molecule has 0 atom stereocenters. The van der Waals surface area contributed by atoms with Crippen molar-refractivity contribution in [3.05, 3.63) is 72.4 Å². The molecule has 0 bridgehead atoms. The van der Waals surface area contributed by atoms with Gasteiger partial charge in [-0.3, -0.25) is 4.98 Å². The van der Waals surface area contributed by atoms with E-state index < -0.39 is 17.7 Å². The Kier molecular flexibility index (Phi) is 5.39. The van der Waals surface area contributed by atoms with Crippen LogP contribution in [-0.4, -0.2) is 35.6 Å². The second kappa shape index (κ2) is 7.92. The minimum absolute atomic E-state index is 0.00926. The summed E-state index contributed by atoms with van der Waals surface area (Å²) < 4.78 is 40.3. The van der Waals surface area contributed by atoms with Crippen LogP contribution in [0, 0.1) is 0 Å². The van der Waals surface area contributed by atoms with Crippen LogP contribution < -0.4 is 5.73 Å². The van der Waals surface area contributed by atoms with Gasteiger partial charge in [-0.1, -0.05) is 18.2 Å². The molecule has 4 aromatic rings. The van der Waals surface area contributed by atoms with Crippen LogP contribution in [0.5, 0.6) is 0 Å². The number of fused-ring (bicyclic) bond motifs is 1. The van der Waals surface area contributed by atoms with Gasteiger partial charge < -0.3 is 10.8 Å². The Hall–Kier alpha value is -4.02. The number of anilines is 1. The highest BCUT2D eigenvalue weighted by Crippen LogP contribution is 2.36. The highest BCUT2D eigenvalue weighted by molar-refractivity contribution is 5.84. The number of nitrogen functional groups attached to an aromatic ring is 1. The molecular formula is C18H13F3N6O2. The van der Waals surface area contributed by atoms with Crippen LogP contribution in [0.15, 0.2) is 61.2 Å². The molecule has 0 aliphatic heterocycles. The van der Waals surface area contributed by atoms with Crippen LogP contribution in [0.2, 0.25) is 0 Å². The predicted octanol–water partition coefficient (Wildman–Crippen LogP) is 3.17. The molecule has 0 fully saturated rings. The van der Waals surface area contributed by atoms with E-state index in [1.54, 1.807) is 6.07 Å². The van der Waals surface area contributed by atoms with Gasteiger partial charge in [0.15, 0.2) is 11.3 Å². The Labute approximate surface area is 161 Å². The molecule has 3 heterocycles. The van der Waals surface area contributed by atoms with Crippen molar-refractivity contribution in [1.29, 1.82) is 0 Å². The lowest BCUT2D eigenvalue weighted by atomic mass is 10.0. The zero-order chi connectivity index (χ0) is 21.0. The first-order chi connectivity index (χ1) is 13.8. The molecule has 0 aliphatic rings. The van der Waals surface area contributed by atoms with E-state index in [1.807, 2.05) is 0 Å². The number of carboxylic acid groups (broad SMARTS) is 1. The second-order valence-corrected chi connectivity index (χ2v) is 5.61. The molecule has 0 radical (unpaired) electrons. The SMILES string of the molecule is Nc1cnc2ccc(-c3ccccc3C(F)(F)F)nn12.O=C(O)c1cnccn1. The highest BCUT2D eigenvalue weighted by Gasteiger charge is 2.33. The summed E-state index contributed by atoms with van der Waals surface area (Å²) in [5.41, 5.74) is 5.58. The normalized spacial score (nSPS) is 11.0. The van der Waals surface area contributed by atoms with Gasteiger partial charge in [0.25, 0.3) is 0 Å². The molecule has 29 heavy (non-hydrogen) atoms. The molecule has 4 rings (SSSR count). The van der Waals surface area contributed by atoms with Crippen molar-refractivity contribution in [3.63, 3.8) is 0 Å². The second-order valence-electron chi connectivity index (χ2n) is 5.61. The Morgan fingerprint density at radius 3 is 2.41 bits per heavy atom. The monoisotopic (exact) mass is 402 g/mol. The fraction of sp³-hybridized carbons (Fsp3) is 0.0556. The van der Waals surface area contributed by atoms with Crippen molar-refractivity contribution in [2.45, 2.75) is 6.18 Å². The fourth-order valence-electron chi connectivity index (χ4n) is 2.40. The standard InChI is InChI=1S/C13H9F3N4.C5H4N2O2/c14-13(15,16)9-4-2-1-3-8(9)10-5-6-12-18-7-11(17)20(12)19-10;8-5(9)4-3-6-1-2-7-4/h1-7H,17H2;1-3H,(H,8,9). The summed E-state index contributed by atoms with van der Waals surface area (Å²) in [6, 6.07) is 8.35. The van der Waals surface area contributed by atoms with Crippen LogP contribution in [0.1, 0.15) is 16.1 Å². The third kappa shape index (κ3) is 4.46. The molecule has 148 valence electrons. The number of nitrogens with zero attached hydrogens (tertiary/aromatic N) is 5. The van der Waals surface area contributed by atoms with Crippen molar-refractivity contribution >= 4 is 17.4 Å². The molecule has 0 spiro atoms. The molecule has 8 nitrogen and oxygen atoms in total. The topological polar surface area (TPSA) is 119 Å². The van der Waals surface area contributed by atoms with Gasteiger partial charge in [-0.25, -0.2) is 14.8 Å². The molecule has 0 unspecified atom stereocenters. The quantitative estimate of drug-likeness (QED) is 0.528. The van der Waals surface area contributed by atoms with E-state index in [4.69, 9.17) is 10.8 Å². The number of alkyl halides is 3. The third-order valence-electron chi connectivity index (χ3n) is 3.68. The lowest BCUT2D eigenvalue weighted by Crippen LogP contribution is -2.08. The summed E-state index contributed by atoms with van der Waals surface area (Å²) in [6.07, 6.45) is 0.924. The number of rotatable bonds is 2. The molecule has 0 aliphatic carbocycles. The van der Waals surface area contributed by atoms with Gasteiger partial charge in [0, 0.05) is 18.0 Å². The lowest BCUT2D eigenvalue weighted by Gasteiger charge is -2.12. The molecule has 11 heteroatoms. The first-order valence-corrected chi connectivity index (χ1v) is 8.03. The summed E-state index contributed by atoms with van der Waals surface area (Å²) in [4.78, 5) is 21.2. The first-order valence-electron chi connectivity index (χ1n) is 8.03. The van der Waals surface area contributed by atoms with Gasteiger partial charge >= 0.3 is 12.1 Å². The van der Waals surface area contributed by atoms with E-state index in [0.29, 0.717) is 5.65 Å². The molecular weight excluding hydrogens is 389 g/mol. The van der Waals surface area contributed by atoms with Crippen LogP contribution in [0.3, 0.4) is 0 Å². The largest absolute Gasteiger partial charge is 0.476 e. The summed E-state index contributed by atoms with van der Waals surface area (Å²) >= 11 is 0. The average Bonchev–Trinajstić information content (AvgIpc) is 3.09. The molecule has 0 saturated carbocycles. The Bertz CT molecular complexity index is 1150. The molecule has 1 aromatic carbocycles. The number of hydrogen-bond acceptors (Lipinski definition) is 6. The third-order valence-corrected chi connectivity index (χ3v) is 3.68. The van der Waals surface area contributed by atoms with Gasteiger partial charge in [0.1, 0.15) is 5.82 Å². The van der Waals surface area contributed by atoms with E-state index in [-0.39, 0.29) is 22.8 Å². The summed E-state index contributed by atoms with van der Waals surface area (Å²) in [5.74, 6) is -0.783. The number of aromatic carboxylic acids is 1. The van der Waals surface area contributed by atoms with E-state index in [0.717, 1.165) is 6.07 Å². The molecule has 0 amide bonds. The van der Waals surface area contributed by atoms with Gasteiger partial charge in [0.2, 0.25) is 0 Å². The smallest absolute Gasteiger partial charge is 0.417 e. The molecule has 0 saturated heterocycles. The van der Waals surface area contributed by atoms with Crippen LogP contribution >= 0.6 is 0 Å². The number of carbonyl (C=O) groups is 1. The van der Waals surface area contributed by atoms with Gasteiger partial charge in [-0.2, -0.15) is 22.8 Å². The van der Waals surface area contributed by atoms with E-state index in [1.165, 1.54) is 53.6 Å².